The number of amides is 1. The number of carbonyl (C=O) groups is 2. The number of sulfone groups is 1. The van der Waals surface area contributed by atoms with Gasteiger partial charge < -0.3 is 10.1 Å². The molecule has 1 aromatic rings. The van der Waals surface area contributed by atoms with Gasteiger partial charge in [-0.3, -0.25) is 9.59 Å². The minimum Gasteiger partial charge on any atom is -0.452 e. The van der Waals surface area contributed by atoms with E-state index in [4.69, 9.17) is 4.74 Å². The number of ether oxygens (including phenoxy) is 1. The van der Waals surface area contributed by atoms with Gasteiger partial charge in [-0.05, 0) is 25.5 Å². The van der Waals surface area contributed by atoms with Gasteiger partial charge >= 0.3 is 5.97 Å². The summed E-state index contributed by atoms with van der Waals surface area (Å²) in [5, 5.41) is 2.28. The highest BCUT2D eigenvalue weighted by molar-refractivity contribution is 7.91. The third-order valence-corrected chi connectivity index (χ3v) is 5.18. The van der Waals surface area contributed by atoms with Crippen molar-refractivity contribution in [2.24, 2.45) is 5.92 Å². The standard InChI is InChI=1S/C14H15F2NO5S/c1-8(22-14(19)9-4-5-23(20,21)7-9)13(18)17-10-2-3-11(15)12(16)6-10/h2-3,6,8-9H,4-5,7H2,1H3,(H,17,18)/t8-,9+/m0/s1. The maximum atomic E-state index is 13.0. The number of hydrogen-bond acceptors (Lipinski definition) is 5. The molecular weight excluding hydrogens is 332 g/mol. The van der Waals surface area contributed by atoms with E-state index >= 15 is 0 Å². The Morgan fingerprint density at radius 2 is 2.00 bits per heavy atom. The lowest BCUT2D eigenvalue weighted by molar-refractivity contribution is -0.156. The molecule has 1 amide bonds. The second-order valence-corrected chi connectivity index (χ2v) is 7.53. The van der Waals surface area contributed by atoms with Crippen LogP contribution in [0.25, 0.3) is 0 Å². The van der Waals surface area contributed by atoms with Crippen LogP contribution in [0.4, 0.5) is 14.5 Å². The van der Waals surface area contributed by atoms with Gasteiger partial charge in [-0.25, -0.2) is 17.2 Å². The highest BCUT2D eigenvalue weighted by atomic mass is 32.2. The van der Waals surface area contributed by atoms with Crippen LogP contribution in [0, 0.1) is 17.6 Å². The van der Waals surface area contributed by atoms with Gasteiger partial charge in [-0.2, -0.15) is 0 Å². The molecule has 2 atom stereocenters. The zero-order valence-corrected chi connectivity index (χ0v) is 13.0. The van der Waals surface area contributed by atoms with Crippen LogP contribution in [-0.2, 0) is 24.2 Å². The van der Waals surface area contributed by atoms with E-state index in [0.29, 0.717) is 0 Å². The summed E-state index contributed by atoms with van der Waals surface area (Å²) in [5.41, 5.74) is 0.0141. The number of rotatable bonds is 4. The van der Waals surface area contributed by atoms with Crippen LogP contribution in [0.3, 0.4) is 0 Å². The maximum absolute atomic E-state index is 13.0. The molecule has 0 unspecified atom stereocenters. The van der Waals surface area contributed by atoms with Crippen LogP contribution in [-0.4, -0.2) is 37.9 Å². The summed E-state index contributed by atoms with van der Waals surface area (Å²) in [4.78, 5) is 23.7. The van der Waals surface area contributed by atoms with E-state index in [0.717, 1.165) is 18.2 Å². The molecule has 126 valence electrons. The van der Waals surface area contributed by atoms with E-state index in [2.05, 4.69) is 5.32 Å². The summed E-state index contributed by atoms with van der Waals surface area (Å²) < 4.78 is 53.4. The Labute approximate surface area is 131 Å². The Morgan fingerprint density at radius 3 is 2.57 bits per heavy atom. The van der Waals surface area contributed by atoms with Gasteiger partial charge in [0.1, 0.15) is 0 Å². The third kappa shape index (κ3) is 4.47. The molecule has 0 saturated carbocycles. The van der Waals surface area contributed by atoms with Gasteiger partial charge in [0.25, 0.3) is 5.91 Å². The second-order valence-electron chi connectivity index (χ2n) is 5.30. The van der Waals surface area contributed by atoms with E-state index in [1.54, 1.807) is 0 Å². The van der Waals surface area contributed by atoms with Crippen molar-refractivity contribution in [3.63, 3.8) is 0 Å². The quantitative estimate of drug-likeness (QED) is 0.829. The molecular formula is C14H15F2NO5S. The monoisotopic (exact) mass is 347 g/mol. The van der Waals surface area contributed by atoms with Crippen molar-refractivity contribution < 1.29 is 31.5 Å². The lowest BCUT2D eigenvalue weighted by atomic mass is 10.1. The highest BCUT2D eigenvalue weighted by Crippen LogP contribution is 2.20. The van der Waals surface area contributed by atoms with Gasteiger partial charge in [0, 0.05) is 11.8 Å². The normalized spacial score (nSPS) is 20.7. The average Bonchev–Trinajstić information content (AvgIpc) is 2.83. The summed E-state index contributed by atoms with van der Waals surface area (Å²) in [7, 11) is -3.23. The number of hydrogen-bond donors (Lipinski definition) is 1. The molecule has 2 rings (SSSR count). The predicted octanol–water partition coefficient (Wildman–Crippen LogP) is 1.27. The first-order chi connectivity index (χ1) is 10.7. The molecule has 0 radical (unpaired) electrons. The largest absolute Gasteiger partial charge is 0.452 e. The molecule has 23 heavy (non-hydrogen) atoms. The first kappa shape index (κ1) is 17.3. The van der Waals surface area contributed by atoms with Crippen LogP contribution in [0.2, 0.25) is 0 Å². The van der Waals surface area contributed by atoms with Crippen LogP contribution < -0.4 is 5.32 Å². The van der Waals surface area contributed by atoms with Gasteiger partial charge in [0.2, 0.25) is 0 Å². The molecule has 1 aliphatic heterocycles. The van der Waals surface area contributed by atoms with Crippen molar-refractivity contribution in [1.82, 2.24) is 0 Å². The van der Waals surface area contributed by atoms with Crippen LogP contribution >= 0.6 is 0 Å². The number of benzene rings is 1. The Kier molecular flexibility index (Phi) is 4.98. The van der Waals surface area contributed by atoms with E-state index in [-0.39, 0.29) is 23.6 Å². The molecule has 9 heteroatoms. The Hall–Kier alpha value is -2.03. The number of carbonyl (C=O) groups excluding carboxylic acids is 2. The van der Waals surface area contributed by atoms with Crippen molar-refractivity contribution >= 4 is 27.4 Å². The minimum absolute atomic E-state index is 0.0141. The summed E-state index contributed by atoms with van der Waals surface area (Å²) in [6, 6.07) is 2.81. The molecule has 0 aromatic heterocycles. The Morgan fingerprint density at radius 1 is 1.30 bits per heavy atom. The van der Waals surface area contributed by atoms with Gasteiger partial charge in [0.15, 0.2) is 27.6 Å². The molecule has 0 aliphatic carbocycles. The lowest BCUT2D eigenvalue weighted by Crippen LogP contribution is -2.32. The van der Waals surface area contributed by atoms with Crippen LogP contribution in [0.15, 0.2) is 18.2 Å². The Balaban J connectivity index is 1.92. The van der Waals surface area contributed by atoms with Crippen molar-refractivity contribution in [3.05, 3.63) is 29.8 Å². The topological polar surface area (TPSA) is 89.5 Å². The summed E-state index contributed by atoms with van der Waals surface area (Å²) >= 11 is 0. The van der Waals surface area contributed by atoms with Crippen LogP contribution in [0.1, 0.15) is 13.3 Å². The fourth-order valence-corrected chi connectivity index (χ4v) is 3.85. The molecule has 1 N–H and O–H groups in total. The fourth-order valence-electron chi connectivity index (χ4n) is 2.12. The zero-order chi connectivity index (χ0) is 17.2. The molecule has 1 aliphatic rings. The van der Waals surface area contributed by atoms with E-state index in [1.807, 2.05) is 0 Å². The van der Waals surface area contributed by atoms with Crippen molar-refractivity contribution in [3.8, 4) is 0 Å². The summed E-state index contributed by atoms with van der Waals surface area (Å²) in [6.45, 7) is 1.30. The van der Waals surface area contributed by atoms with Crippen molar-refractivity contribution in [1.29, 1.82) is 0 Å². The van der Waals surface area contributed by atoms with E-state index in [1.165, 1.54) is 6.92 Å². The highest BCUT2D eigenvalue weighted by Gasteiger charge is 2.35. The molecule has 0 spiro atoms. The number of anilines is 1. The average molecular weight is 347 g/mol. The third-order valence-electron chi connectivity index (χ3n) is 3.42. The van der Waals surface area contributed by atoms with Crippen molar-refractivity contribution in [2.45, 2.75) is 19.4 Å². The van der Waals surface area contributed by atoms with Gasteiger partial charge in [-0.1, -0.05) is 0 Å². The minimum atomic E-state index is -3.23. The molecule has 1 heterocycles. The summed E-state index contributed by atoms with van der Waals surface area (Å²) in [5.74, 6) is -4.82. The number of esters is 1. The molecule has 1 saturated heterocycles. The zero-order valence-electron chi connectivity index (χ0n) is 12.2. The van der Waals surface area contributed by atoms with E-state index in [9.17, 15) is 26.8 Å². The van der Waals surface area contributed by atoms with E-state index < -0.39 is 45.4 Å². The smallest absolute Gasteiger partial charge is 0.310 e. The van der Waals surface area contributed by atoms with Gasteiger partial charge in [0.05, 0.1) is 17.4 Å². The molecule has 6 nitrogen and oxygen atoms in total. The predicted molar refractivity (Wildman–Crippen MR) is 77.3 cm³/mol. The maximum Gasteiger partial charge on any atom is 0.310 e. The molecule has 1 fully saturated rings. The van der Waals surface area contributed by atoms with Crippen LogP contribution in [0.5, 0.6) is 0 Å². The SMILES string of the molecule is C[C@H](OC(=O)[C@@H]1CCS(=O)(=O)C1)C(=O)Nc1ccc(F)c(F)c1. The fraction of sp³-hybridized carbons (Fsp3) is 0.429. The second kappa shape index (κ2) is 6.61. The number of halogens is 2. The van der Waals surface area contributed by atoms with Crippen molar-refractivity contribution in [2.75, 3.05) is 16.8 Å². The first-order valence-corrected chi connectivity index (χ1v) is 8.67. The first-order valence-electron chi connectivity index (χ1n) is 6.85. The molecule has 1 aromatic carbocycles. The summed E-state index contributed by atoms with van der Waals surface area (Å²) in [6.07, 6.45) is -1.03. The number of nitrogens with one attached hydrogen (secondary N) is 1. The Bertz CT molecular complexity index is 735. The molecule has 0 bridgehead atoms. The lowest BCUT2D eigenvalue weighted by Gasteiger charge is -2.15. The van der Waals surface area contributed by atoms with Gasteiger partial charge in [-0.15, -0.1) is 0 Å².